The maximum absolute atomic E-state index is 12.0. The van der Waals surface area contributed by atoms with Crippen LogP contribution < -0.4 is 16.4 Å². The van der Waals surface area contributed by atoms with Crippen LogP contribution in [0.25, 0.3) is 0 Å². The van der Waals surface area contributed by atoms with Crippen molar-refractivity contribution in [2.24, 2.45) is 5.73 Å². The molecule has 7 heteroatoms. The molecule has 1 aromatic rings. The van der Waals surface area contributed by atoms with Crippen LogP contribution in [0, 0.1) is 0 Å². The standard InChI is InChI=1S/C15H22N4O3/c1-11(16)15(21)18-13-4-2-12(3-5-13)17-14(20)10-19-6-8-22-9-7-19/h2-5,11H,6-10,16H2,1H3,(H,17,20)(H,18,21)/t11-/m0/s1. The SMILES string of the molecule is C[C@H](N)C(=O)Nc1ccc(NC(=O)CN2CCOCC2)cc1. The highest BCUT2D eigenvalue weighted by Gasteiger charge is 2.14. The molecule has 1 aliphatic heterocycles. The summed E-state index contributed by atoms with van der Waals surface area (Å²) in [5.41, 5.74) is 6.82. The van der Waals surface area contributed by atoms with Crippen LogP contribution in [0.15, 0.2) is 24.3 Å². The van der Waals surface area contributed by atoms with Gasteiger partial charge in [-0.3, -0.25) is 14.5 Å². The summed E-state index contributed by atoms with van der Waals surface area (Å²) in [4.78, 5) is 25.5. The number of ether oxygens (including phenoxy) is 1. The van der Waals surface area contributed by atoms with Gasteiger partial charge in [0.2, 0.25) is 11.8 Å². The van der Waals surface area contributed by atoms with Crippen LogP contribution in [0.3, 0.4) is 0 Å². The Hall–Kier alpha value is -1.96. The summed E-state index contributed by atoms with van der Waals surface area (Å²) >= 11 is 0. The first-order valence-electron chi connectivity index (χ1n) is 7.31. The molecule has 0 radical (unpaired) electrons. The minimum Gasteiger partial charge on any atom is -0.379 e. The summed E-state index contributed by atoms with van der Waals surface area (Å²) in [6, 6.07) is 6.38. The van der Waals surface area contributed by atoms with E-state index in [4.69, 9.17) is 10.5 Å². The van der Waals surface area contributed by atoms with E-state index in [9.17, 15) is 9.59 Å². The molecule has 4 N–H and O–H groups in total. The Morgan fingerprint density at radius 1 is 1.18 bits per heavy atom. The second kappa shape index (κ2) is 7.88. The number of carbonyl (C=O) groups excluding carboxylic acids is 2. The van der Waals surface area contributed by atoms with E-state index in [1.807, 2.05) is 0 Å². The number of hydrogen-bond donors (Lipinski definition) is 3. The molecule has 2 amide bonds. The van der Waals surface area contributed by atoms with Crippen molar-refractivity contribution in [2.45, 2.75) is 13.0 Å². The zero-order chi connectivity index (χ0) is 15.9. The molecule has 22 heavy (non-hydrogen) atoms. The van der Waals surface area contributed by atoms with Gasteiger partial charge in [-0.15, -0.1) is 0 Å². The molecule has 0 unspecified atom stereocenters. The molecular formula is C15H22N4O3. The van der Waals surface area contributed by atoms with Gasteiger partial charge < -0.3 is 21.1 Å². The quantitative estimate of drug-likeness (QED) is 0.724. The molecule has 0 saturated carbocycles. The molecule has 0 aromatic heterocycles. The van der Waals surface area contributed by atoms with Crippen molar-refractivity contribution in [3.63, 3.8) is 0 Å². The summed E-state index contributed by atoms with van der Waals surface area (Å²) < 4.78 is 5.24. The molecule has 0 bridgehead atoms. The third-order valence-corrected chi connectivity index (χ3v) is 3.32. The van der Waals surface area contributed by atoms with E-state index in [-0.39, 0.29) is 11.8 Å². The fraction of sp³-hybridized carbons (Fsp3) is 0.467. The van der Waals surface area contributed by atoms with Crippen LogP contribution in [0.4, 0.5) is 11.4 Å². The van der Waals surface area contributed by atoms with Gasteiger partial charge >= 0.3 is 0 Å². The lowest BCUT2D eigenvalue weighted by molar-refractivity contribution is -0.118. The van der Waals surface area contributed by atoms with Gasteiger partial charge in [-0.1, -0.05) is 0 Å². The van der Waals surface area contributed by atoms with Crippen molar-refractivity contribution in [1.82, 2.24) is 4.90 Å². The number of nitrogens with two attached hydrogens (primary N) is 1. The summed E-state index contributed by atoms with van der Waals surface area (Å²) in [5.74, 6) is -0.307. The highest BCUT2D eigenvalue weighted by Crippen LogP contribution is 2.13. The zero-order valence-electron chi connectivity index (χ0n) is 12.7. The van der Waals surface area contributed by atoms with Gasteiger partial charge in [0.05, 0.1) is 25.8 Å². The number of rotatable bonds is 5. The molecule has 0 aliphatic carbocycles. The van der Waals surface area contributed by atoms with Gasteiger partial charge in [-0.2, -0.15) is 0 Å². The smallest absolute Gasteiger partial charge is 0.240 e. The Morgan fingerprint density at radius 2 is 1.73 bits per heavy atom. The lowest BCUT2D eigenvalue weighted by Crippen LogP contribution is -2.41. The first kappa shape index (κ1) is 16.4. The highest BCUT2D eigenvalue weighted by molar-refractivity contribution is 5.95. The average Bonchev–Trinajstić information content (AvgIpc) is 2.50. The Labute approximate surface area is 129 Å². The number of amides is 2. The van der Waals surface area contributed by atoms with Gasteiger partial charge in [0.15, 0.2) is 0 Å². The van der Waals surface area contributed by atoms with E-state index in [2.05, 4.69) is 15.5 Å². The summed E-state index contributed by atoms with van der Waals surface area (Å²) in [7, 11) is 0. The second-order valence-corrected chi connectivity index (χ2v) is 5.29. The van der Waals surface area contributed by atoms with Crippen LogP contribution in [0.1, 0.15) is 6.92 Å². The van der Waals surface area contributed by atoms with Crippen LogP contribution >= 0.6 is 0 Å². The molecule has 1 fully saturated rings. The van der Waals surface area contributed by atoms with Gasteiger partial charge in [-0.05, 0) is 31.2 Å². The zero-order valence-corrected chi connectivity index (χ0v) is 12.7. The Morgan fingerprint density at radius 3 is 2.27 bits per heavy atom. The van der Waals surface area contributed by atoms with Crippen LogP contribution in [0.5, 0.6) is 0 Å². The van der Waals surface area contributed by atoms with Crippen molar-refractivity contribution in [3.8, 4) is 0 Å². The van der Waals surface area contributed by atoms with Crippen molar-refractivity contribution in [2.75, 3.05) is 43.5 Å². The topological polar surface area (TPSA) is 96.7 Å². The number of morpholine rings is 1. The van der Waals surface area contributed by atoms with Crippen molar-refractivity contribution >= 4 is 23.2 Å². The second-order valence-electron chi connectivity index (χ2n) is 5.29. The normalized spacial score (nSPS) is 16.8. The molecular weight excluding hydrogens is 284 g/mol. The van der Waals surface area contributed by atoms with E-state index in [1.54, 1.807) is 31.2 Å². The molecule has 0 spiro atoms. The van der Waals surface area contributed by atoms with Gasteiger partial charge in [0.1, 0.15) is 0 Å². The van der Waals surface area contributed by atoms with Crippen molar-refractivity contribution in [3.05, 3.63) is 24.3 Å². The molecule has 1 saturated heterocycles. The monoisotopic (exact) mass is 306 g/mol. The first-order chi connectivity index (χ1) is 10.5. The van der Waals surface area contributed by atoms with Gasteiger partial charge in [0, 0.05) is 24.5 Å². The molecule has 2 rings (SSSR count). The number of carbonyl (C=O) groups is 2. The minimum atomic E-state index is -0.562. The number of hydrogen-bond acceptors (Lipinski definition) is 5. The lowest BCUT2D eigenvalue weighted by Gasteiger charge is -2.25. The molecule has 7 nitrogen and oxygen atoms in total. The number of nitrogens with one attached hydrogen (secondary N) is 2. The fourth-order valence-corrected chi connectivity index (χ4v) is 2.06. The summed E-state index contributed by atoms with van der Waals surface area (Å²) in [6.45, 7) is 4.86. The predicted octanol–water partition coefficient (Wildman–Crippen LogP) is 0.243. The largest absolute Gasteiger partial charge is 0.379 e. The van der Waals surface area contributed by atoms with Crippen LogP contribution in [-0.4, -0.2) is 55.6 Å². The summed E-state index contributed by atoms with van der Waals surface area (Å²) in [6.07, 6.45) is 0. The third kappa shape index (κ3) is 5.10. The summed E-state index contributed by atoms with van der Waals surface area (Å²) in [5, 5.41) is 5.52. The van der Waals surface area contributed by atoms with Gasteiger partial charge in [-0.25, -0.2) is 0 Å². The lowest BCUT2D eigenvalue weighted by atomic mass is 10.2. The van der Waals surface area contributed by atoms with E-state index in [0.29, 0.717) is 31.1 Å². The van der Waals surface area contributed by atoms with Gasteiger partial charge in [0.25, 0.3) is 0 Å². The number of nitrogens with zero attached hydrogens (tertiary/aromatic N) is 1. The maximum Gasteiger partial charge on any atom is 0.240 e. The first-order valence-corrected chi connectivity index (χ1v) is 7.31. The van der Waals surface area contributed by atoms with Crippen LogP contribution in [0.2, 0.25) is 0 Å². The van der Waals surface area contributed by atoms with E-state index >= 15 is 0 Å². The molecule has 1 aromatic carbocycles. The Bertz CT molecular complexity index is 510. The van der Waals surface area contributed by atoms with E-state index in [1.165, 1.54) is 0 Å². The Kier molecular flexibility index (Phi) is 5.88. The van der Waals surface area contributed by atoms with Crippen molar-refractivity contribution < 1.29 is 14.3 Å². The Balaban J connectivity index is 1.82. The van der Waals surface area contributed by atoms with E-state index < -0.39 is 6.04 Å². The van der Waals surface area contributed by atoms with E-state index in [0.717, 1.165) is 13.1 Å². The molecule has 1 heterocycles. The van der Waals surface area contributed by atoms with Crippen molar-refractivity contribution in [1.29, 1.82) is 0 Å². The highest BCUT2D eigenvalue weighted by atomic mass is 16.5. The molecule has 1 aliphatic rings. The third-order valence-electron chi connectivity index (χ3n) is 3.32. The predicted molar refractivity (Wildman–Crippen MR) is 84.6 cm³/mol. The maximum atomic E-state index is 12.0. The van der Waals surface area contributed by atoms with Crippen LogP contribution in [-0.2, 0) is 14.3 Å². The molecule has 120 valence electrons. The number of benzene rings is 1. The molecule has 1 atom stereocenters. The average molecular weight is 306 g/mol. The minimum absolute atomic E-state index is 0.0609. The fourth-order valence-electron chi connectivity index (χ4n) is 2.06. The number of anilines is 2.